The first-order valence-electron chi connectivity index (χ1n) is 6.09. The van der Waals surface area contributed by atoms with Gasteiger partial charge in [0.05, 0.1) is 19.1 Å². The normalized spacial score (nSPS) is 10.4. The van der Waals surface area contributed by atoms with E-state index in [0.29, 0.717) is 12.2 Å². The van der Waals surface area contributed by atoms with Crippen molar-refractivity contribution in [2.45, 2.75) is 18.6 Å². The molecule has 100 valence electrons. The Morgan fingerprint density at radius 1 is 1.26 bits per heavy atom. The van der Waals surface area contributed by atoms with Crippen molar-refractivity contribution in [3.8, 4) is 5.75 Å². The number of furan rings is 1. The number of benzene rings is 1. The van der Waals surface area contributed by atoms with Gasteiger partial charge in [0.2, 0.25) is 0 Å². The lowest BCUT2D eigenvalue weighted by Gasteiger charge is -2.03. The van der Waals surface area contributed by atoms with Gasteiger partial charge in [0.25, 0.3) is 0 Å². The lowest BCUT2D eigenvalue weighted by Crippen LogP contribution is -1.96. The molecular formula is C15H16O3S. The summed E-state index contributed by atoms with van der Waals surface area (Å²) < 4.78 is 10.3. The van der Waals surface area contributed by atoms with E-state index in [9.17, 15) is 4.79 Å². The molecule has 0 atom stereocenters. The number of rotatable bonds is 6. The third-order valence-electron chi connectivity index (χ3n) is 2.73. The van der Waals surface area contributed by atoms with E-state index in [1.54, 1.807) is 13.4 Å². The van der Waals surface area contributed by atoms with Gasteiger partial charge in [-0.25, -0.2) is 0 Å². The molecule has 0 N–H and O–H groups in total. The zero-order valence-corrected chi connectivity index (χ0v) is 11.6. The van der Waals surface area contributed by atoms with Crippen LogP contribution in [-0.2, 0) is 17.0 Å². The van der Waals surface area contributed by atoms with Gasteiger partial charge in [0.1, 0.15) is 11.5 Å². The summed E-state index contributed by atoms with van der Waals surface area (Å²) in [5.41, 5.74) is 1.15. The molecule has 0 fully saturated rings. The maximum absolute atomic E-state index is 11.7. The molecule has 0 unspecified atom stereocenters. The second kappa shape index (κ2) is 7.04. The molecule has 0 bridgehead atoms. The minimum absolute atomic E-state index is 0.187. The van der Waals surface area contributed by atoms with Gasteiger partial charge < -0.3 is 9.15 Å². The molecule has 0 aliphatic carbocycles. The van der Waals surface area contributed by atoms with Gasteiger partial charge in [-0.1, -0.05) is 23.9 Å². The zero-order chi connectivity index (χ0) is 13.5. The fourth-order valence-electron chi connectivity index (χ4n) is 1.66. The van der Waals surface area contributed by atoms with Gasteiger partial charge >= 0.3 is 0 Å². The summed E-state index contributed by atoms with van der Waals surface area (Å²) in [7, 11) is 1.64. The zero-order valence-electron chi connectivity index (χ0n) is 10.8. The minimum atomic E-state index is 0.187. The van der Waals surface area contributed by atoms with E-state index < -0.39 is 0 Å². The molecule has 3 nitrogen and oxygen atoms in total. The number of thioether (sulfide) groups is 1. The summed E-state index contributed by atoms with van der Waals surface area (Å²) in [6.45, 7) is 0. The second-order valence-electron chi connectivity index (χ2n) is 4.09. The van der Waals surface area contributed by atoms with Crippen molar-refractivity contribution >= 4 is 16.9 Å². The fraction of sp³-hybridized carbons (Fsp3) is 0.267. The first kappa shape index (κ1) is 13.7. The molecule has 1 heterocycles. The largest absolute Gasteiger partial charge is 0.497 e. The fourth-order valence-corrected chi connectivity index (χ4v) is 2.37. The van der Waals surface area contributed by atoms with Crippen LogP contribution >= 0.6 is 11.8 Å². The highest BCUT2D eigenvalue weighted by molar-refractivity contribution is 8.12. The van der Waals surface area contributed by atoms with Crippen LogP contribution in [-0.4, -0.2) is 12.2 Å². The topological polar surface area (TPSA) is 39.4 Å². The maximum atomic E-state index is 11.7. The lowest BCUT2D eigenvalue weighted by molar-refractivity contribution is -0.110. The van der Waals surface area contributed by atoms with Crippen LogP contribution in [0.25, 0.3) is 0 Å². The number of hydrogen-bond acceptors (Lipinski definition) is 4. The molecule has 1 aromatic heterocycles. The Balaban J connectivity index is 1.73. The lowest BCUT2D eigenvalue weighted by atomic mass is 10.1. The summed E-state index contributed by atoms with van der Waals surface area (Å²) >= 11 is 1.30. The van der Waals surface area contributed by atoms with Crippen LogP contribution in [0, 0.1) is 0 Å². The number of carbonyl (C=O) groups excluding carboxylic acids is 1. The van der Waals surface area contributed by atoms with Crippen molar-refractivity contribution in [2.75, 3.05) is 7.11 Å². The highest BCUT2D eigenvalue weighted by atomic mass is 32.2. The first-order chi connectivity index (χ1) is 9.28. The molecule has 0 amide bonds. The first-order valence-corrected chi connectivity index (χ1v) is 7.07. The van der Waals surface area contributed by atoms with Crippen molar-refractivity contribution in [2.24, 2.45) is 0 Å². The van der Waals surface area contributed by atoms with E-state index >= 15 is 0 Å². The van der Waals surface area contributed by atoms with Crippen molar-refractivity contribution in [3.63, 3.8) is 0 Å². The molecule has 0 radical (unpaired) electrons. The van der Waals surface area contributed by atoms with E-state index in [4.69, 9.17) is 9.15 Å². The predicted octanol–water partition coefficient (Wildman–Crippen LogP) is 3.68. The average molecular weight is 276 g/mol. The smallest absolute Gasteiger partial charge is 0.189 e. The molecule has 0 saturated heterocycles. The minimum Gasteiger partial charge on any atom is -0.497 e. The standard InChI is InChI=1S/C15H16O3S/c1-17-13-7-4-12(5-8-13)6-9-15(16)19-11-14-3-2-10-18-14/h2-5,7-8,10H,6,9,11H2,1H3. The summed E-state index contributed by atoms with van der Waals surface area (Å²) in [5, 5.41) is 0.187. The average Bonchev–Trinajstić information content (AvgIpc) is 2.96. The SMILES string of the molecule is COc1ccc(CCC(=O)SCc2ccco2)cc1. The molecule has 1 aromatic carbocycles. The van der Waals surface area contributed by atoms with Crippen LogP contribution < -0.4 is 4.74 Å². The van der Waals surface area contributed by atoms with E-state index in [-0.39, 0.29) is 5.12 Å². The molecule has 4 heteroatoms. The van der Waals surface area contributed by atoms with Crippen LogP contribution in [0.1, 0.15) is 17.7 Å². The van der Waals surface area contributed by atoms with E-state index in [1.807, 2.05) is 36.4 Å². The van der Waals surface area contributed by atoms with E-state index in [2.05, 4.69) is 0 Å². The second-order valence-corrected chi connectivity index (χ2v) is 5.12. The molecule has 0 saturated carbocycles. The maximum Gasteiger partial charge on any atom is 0.189 e. The molecule has 2 aromatic rings. The Labute approximate surface area is 117 Å². The van der Waals surface area contributed by atoms with Gasteiger partial charge in [-0.15, -0.1) is 0 Å². The molecular weight excluding hydrogens is 260 g/mol. The van der Waals surface area contributed by atoms with Crippen molar-refractivity contribution in [1.82, 2.24) is 0 Å². The number of methoxy groups -OCH3 is 1. The molecule has 0 spiro atoms. The molecule has 0 aliphatic rings. The number of carbonyl (C=O) groups is 1. The van der Waals surface area contributed by atoms with Gasteiger partial charge in [0.15, 0.2) is 5.12 Å². The van der Waals surface area contributed by atoms with Crippen LogP contribution in [0.2, 0.25) is 0 Å². The van der Waals surface area contributed by atoms with Gasteiger partial charge in [0, 0.05) is 6.42 Å². The third kappa shape index (κ3) is 4.48. The Bertz CT molecular complexity index is 503. The highest BCUT2D eigenvalue weighted by Gasteiger charge is 2.05. The summed E-state index contributed by atoms with van der Waals surface area (Å²) in [6.07, 6.45) is 2.92. The Morgan fingerprint density at radius 3 is 2.68 bits per heavy atom. The molecule has 2 rings (SSSR count). The van der Waals surface area contributed by atoms with Crippen LogP contribution in [0.5, 0.6) is 5.75 Å². The number of ether oxygens (including phenoxy) is 1. The van der Waals surface area contributed by atoms with Crippen molar-refractivity contribution in [3.05, 3.63) is 54.0 Å². The van der Waals surface area contributed by atoms with E-state index in [0.717, 1.165) is 23.5 Å². The van der Waals surface area contributed by atoms with Gasteiger partial charge in [-0.2, -0.15) is 0 Å². The van der Waals surface area contributed by atoms with E-state index in [1.165, 1.54) is 11.8 Å². The van der Waals surface area contributed by atoms with Crippen LogP contribution in [0.3, 0.4) is 0 Å². The Hall–Kier alpha value is -1.68. The summed E-state index contributed by atoms with van der Waals surface area (Å²) in [6, 6.07) is 11.5. The predicted molar refractivity (Wildman–Crippen MR) is 76.3 cm³/mol. The monoisotopic (exact) mass is 276 g/mol. The Morgan fingerprint density at radius 2 is 2.05 bits per heavy atom. The molecule has 19 heavy (non-hydrogen) atoms. The van der Waals surface area contributed by atoms with Gasteiger partial charge in [-0.05, 0) is 36.2 Å². The number of aryl methyl sites for hydroxylation is 1. The summed E-state index contributed by atoms with van der Waals surface area (Å²) in [4.78, 5) is 11.7. The van der Waals surface area contributed by atoms with Crippen molar-refractivity contribution < 1.29 is 13.9 Å². The highest BCUT2D eigenvalue weighted by Crippen LogP contribution is 2.17. The quantitative estimate of drug-likeness (QED) is 0.807. The number of hydrogen-bond donors (Lipinski definition) is 0. The molecule has 0 aliphatic heterocycles. The third-order valence-corrected chi connectivity index (χ3v) is 3.69. The van der Waals surface area contributed by atoms with Gasteiger partial charge in [-0.3, -0.25) is 4.79 Å². The van der Waals surface area contributed by atoms with Crippen molar-refractivity contribution in [1.29, 1.82) is 0 Å². The van der Waals surface area contributed by atoms with Crippen LogP contribution in [0.4, 0.5) is 0 Å². The summed E-state index contributed by atoms with van der Waals surface area (Å²) in [5.74, 6) is 2.28. The Kier molecular flexibility index (Phi) is 5.10. The van der Waals surface area contributed by atoms with Crippen LogP contribution in [0.15, 0.2) is 47.1 Å².